The zero-order chi connectivity index (χ0) is 14.7. The van der Waals surface area contributed by atoms with Crippen LogP contribution in [0, 0.1) is 5.82 Å². The van der Waals surface area contributed by atoms with E-state index in [1.165, 1.54) is 12.3 Å². The first kappa shape index (κ1) is 13.5. The van der Waals surface area contributed by atoms with Crippen LogP contribution >= 0.6 is 0 Å². The average Bonchev–Trinajstić information content (AvgIpc) is 2.56. The van der Waals surface area contributed by atoms with Crippen LogP contribution in [0.25, 0.3) is 0 Å². The molecule has 1 fully saturated rings. The molecule has 0 radical (unpaired) electrons. The Morgan fingerprint density at radius 2 is 1.71 bits per heavy atom. The van der Waals surface area contributed by atoms with Crippen molar-refractivity contribution in [2.45, 2.75) is 0 Å². The molecule has 110 valence electrons. The summed E-state index contributed by atoms with van der Waals surface area (Å²) >= 11 is 0. The number of pyridine rings is 1. The molecule has 3 rings (SSSR count). The third-order valence-corrected chi connectivity index (χ3v) is 3.55. The lowest BCUT2D eigenvalue weighted by Crippen LogP contribution is -2.47. The number of hydrogen-bond acceptors (Lipinski definition) is 6. The highest BCUT2D eigenvalue weighted by Gasteiger charge is 2.19. The monoisotopic (exact) mass is 288 g/mol. The Morgan fingerprint density at radius 3 is 2.33 bits per heavy atom. The van der Waals surface area contributed by atoms with Crippen molar-refractivity contribution in [1.82, 2.24) is 15.0 Å². The fraction of sp³-hybridized carbons (Fsp3) is 0.357. The van der Waals surface area contributed by atoms with Crippen molar-refractivity contribution in [1.29, 1.82) is 0 Å². The fourth-order valence-corrected chi connectivity index (χ4v) is 2.38. The van der Waals surface area contributed by atoms with Gasteiger partial charge in [-0.25, -0.2) is 19.3 Å². The van der Waals surface area contributed by atoms with Gasteiger partial charge in [-0.05, 0) is 12.1 Å². The molecule has 1 N–H and O–H groups in total. The highest BCUT2D eigenvalue weighted by Crippen LogP contribution is 2.18. The summed E-state index contributed by atoms with van der Waals surface area (Å²) in [5.74, 6) is 2.23. The highest BCUT2D eigenvalue weighted by molar-refractivity contribution is 5.50. The zero-order valence-corrected chi connectivity index (χ0v) is 11.8. The molecule has 1 saturated heterocycles. The summed E-state index contributed by atoms with van der Waals surface area (Å²) in [7, 11) is 1.84. The number of nitrogens with zero attached hydrogens (tertiary/aromatic N) is 5. The second-order valence-electron chi connectivity index (χ2n) is 4.82. The molecule has 2 aromatic rings. The smallest absolute Gasteiger partial charge is 0.141 e. The summed E-state index contributed by atoms with van der Waals surface area (Å²) in [5.41, 5.74) is 0. The number of nitrogens with one attached hydrogen (secondary N) is 1. The first-order chi connectivity index (χ1) is 10.3. The minimum Gasteiger partial charge on any atom is -0.373 e. The van der Waals surface area contributed by atoms with Crippen molar-refractivity contribution in [3.05, 3.63) is 36.5 Å². The first-order valence-corrected chi connectivity index (χ1v) is 6.87. The van der Waals surface area contributed by atoms with Gasteiger partial charge in [-0.15, -0.1) is 0 Å². The van der Waals surface area contributed by atoms with Crippen molar-refractivity contribution in [3.63, 3.8) is 0 Å². The summed E-state index contributed by atoms with van der Waals surface area (Å²) in [6.07, 6.45) is 2.82. The Balaban J connectivity index is 1.65. The van der Waals surface area contributed by atoms with Crippen molar-refractivity contribution in [2.24, 2.45) is 0 Å². The van der Waals surface area contributed by atoms with Crippen LogP contribution in [-0.2, 0) is 0 Å². The third-order valence-electron chi connectivity index (χ3n) is 3.55. The summed E-state index contributed by atoms with van der Waals surface area (Å²) in [6.45, 7) is 3.35. The standard InChI is InChI=1S/C14H17FN6/c1-16-12-8-14(19-10-18-12)21-6-4-20(5-7-21)13-3-2-11(15)9-17-13/h2-3,8-10H,4-7H2,1H3,(H,16,18,19). The van der Waals surface area contributed by atoms with Crippen LogP contribution < -0.4 is 15.1 Å². The van der Waals surface area contributed by atoms with E-state index in [9.17, 15) is 4.39 Å². The predicted molar refractivity (Wildman–Crippen MR) is 80.2 cm³/mol. The van der Waals surface area contributed by atoms with Gasteiger partial charge >= 0.3 is 0 Å². The second kappa shape index (κ2) is 5.90. The minimum absolute atomic E-state index is 0.307. The molecule has 0 amide bonds. The normalized spacial score (nSPS) is 15.1. The number of rotatable bonds is 3. The molecule has 0 aromatic carbocycles. The summed E-state index contributed by atoms with van der Waals surface area (Å²) < 4.78 is 12.9. The van der Waals surface area contributed by atoms with E-state index in [1.54, 1.807) is 12.4 Å². The molecule has 2 aromatic heterocycles. The lowest BCUT2D eigenvalue weighted by Gasteiger charge is -2.36. The number of hydrogen-bond donors (Lipinski definition) is 1. The Labute approximate surface area is 122 Å². The van der Waals surface area contributed by atoms with Gasteiger partial charge in [0.2, 0.25) is 0 Å². The van der Waals surface area contributed by atoms with Gasteiger partial charge in [0.15, 0.2) is 0 Å². The average molecular weight is 288 g/mol. The number of anilines is 3. The number of aromatic nitrogens is 3. The molecule has 1 aliphatic heterocycles. The Hall–Kier alpha value is -2.44. The summed E-state index contributed by atoms with van der Waals surface area (Å²) in [5, 5.41) is 3.01. The van der Waals surface area contributed by atoms with E-state index in [2.05, 4.69) is 30.1 Å². The molecule has 0 saturated carbocycles. The van der Waals surface area contributed by atoms with Gasteiger partial charge in [0.25, 0.3) is 0 Å². The molecule has 0 unspecified atom stereocenters. The van der Waals surface area contributed by atoms with Crippen LogP contribution in [-0.4, -0.2) is 48.2 Å². The van der Waals surface area contributed by atoms with Crippen LogP contribution in [0.5, 0.6) is 0 Å². The van der Waals surface area contributed by atoms with Crippen LogP contribution in [0.15, 0.2) is 30.7 Å². The van der Waals surface area contributed by atoms with E-state index in [0.717, 1.165) is 43.6 Å². The first-order valence-electron chi connectivity index (χ1n) is 6.87. The zero-order valence-electron chi connectivity index (χ0n) is 11.8. The number of halogens is 1. The van der Waals surface area contributed by atoms with Crippen molar-refractivity contribution in [2.75, 3.05) is 48.3 Å². The van der Waals surface area contributed by atoms with Gasteiger partial charge < -0.3 is 15.1 Å². The van der Waals surface area contributed by atoms with Gasteiger partial charge in [-0.3, -0.25) is 0 Å². The second-order valence-corrected chi connectivity index (χ2v) is 4.82. The highest BCUT2D eigenvalue weighted by atomic mass is 19.1. The Kier molecular flexibility index (Phi) is 3.81. The lowest BCUT2D eigenvalue weighted by atomic mass is 10.3. The molecule has 0 atom stereocenters. The van der Waals surface area contributed by atoms with Gasteiger partial charge in [0.05, 0.1) is 6.20 Å². The van der Waals surface area contributed by atoms with E-state index in [1.807, 2.05) is 13.1 Å². The van der Waals surface area contributed by atoms with E-state index < -0.39 is 0 Å². The Morgan fingerprint density at radius 1 is 1.00 bits per heavy atom. The van der Waals surface area contributed by atoms with Gasteiger partial charge in [-0.1, -0.05) is 0 Å². The summed E-state index contributed by atoms with van der Waals surface area (Å²) in [4.78, 5) is 16.9. The van der Waals surface area contributed by atoms with Crippen LogP contribution in [0.2, 0.25) is 0 Å². The lowest BCUT2D eigenvalue weighted by molar-refractivity contribution is 0.614. The van der Waals surface area contributed by atoms with Gasteiger partial charge in [0.1, 0.15) is 29.6 Å². The molecule has 0 aliphatic carbocycles. The molecular weight excluding hydrogens is 271 g/mol. The molecule has 3 heterocycles. The molecule has 21 heavy (non-hydrogen) atoms. The summed E-state index contributed by atoms with van der Waals surface area (Å²) in [6, 6.07) is 5.10. The van der Waals surface area contributed by atoms with E-state index in [0.29, 0.717) is 0 Å². The minimum atomic E-state index is -0.307. The maximum Gasteiger partial charge on any atom is 0.141 e. The van der Waals surface area contributed by atoms with Crippen molar-refractivity contribution in [3.8, 4) is 0 Å². The topological polar surface area (TPSA) is 57.2 Å². The van der Waals surface area contributed by atoms with E-state index in [4.69, 9.17) is 0 Å². The van der Waals surface area contributed by atoms with Gasteiger partial charge in [-0.2, -0.15) is 0 Å². The van der Waals surface area contributed by atoms with Crippen molar-refractivity contribution >= 4 is 17.5 Å². The molecule has 6 nitrogen and oxygen atoms in total. The SMILES string of the molecule is CNc1cc(N2CCN(c3ccc(F)cn3)CC2)ncn1. The predicted octanol–water partition coefficient (Wildman–Crippen LogP) is 1.38. The Bertz CT molecular complexity index is 595. The largest absolute Gasteiger partial charge is 0.373 e. The third kappa shape index (κ3) is 3.01. The maximum atomic E-state index is 12.9. The van der Waals surface area contributed by atoms with Crippen LogP contribution in [0.3, 0.4) is 0 Å². The fourth-order valence-electron chi connectivity index (χ4n) is 2.38. The molecule has 0 bridgehead atoms. The molecule has 0 spiro atoms. The van der Waals surface area contributed by atoms with E-state index in [-0.39, 0.29) is 5.82 Å². The van der Waals surface area contributed by atoms with Gasteiger partial charge in [0, 0.05) is 39.3 Å². The van der Waals surface area contributed by atoms with Crippen molar-refractivity contribution < 1.29 is 4.39 Å². The molecule has 7 heteroatoms. The van der Waals surface area contributed by atoms with E-state index >= 15 is 0 Å². The van der Waals surface area contributed by atoms with Crippen LogP contribution in [0.1, 0.15) is 0 Å². The molecular formula is C14H17FN6. The van der Waals surface area contributed by atoms with Crippen LogP contribution in [0.4, 0.5) is 21.8 Å². The number of piperazine rings is 1. The molecule has 1 aliphatic rings. The maximum absolute atomic E-state index is 12.9. The quantitative estimate of drug-likeness (QED) is 0.921.